The van der Waals surface area contributed by atoms with Crippen molar-refractivity contribution in [2.24, 2.45) is 0 Å². The number of nitrogens with one attached hydrogen (secondary N) is 2. The van der Waals surface area contributed by atoms with E-state index in [4.69, 9.17) is 4.74 Å². The van der Waals surface area contributed by atoms with Crippen LogP contribution in [0.25, 0.3) is 0 Å². The van der Waals surface area contributed by atoms with Gasteiger partial charge in [-0.3, -0.25) is 0 Å². The molecular weight excluding hydrogens is 250 g/mol. The van der Waals surface area contributed by atoms with Crippen molar-refractivity contribution >= 4 is 5.69 Å². The molecule has 1 heterocycles. The lowest BCUT2D eigenvalue weighted by Gasteiger charge is -2.18. The van der Waals surface area contributed by atoms with Crippen LogP contribution in [0.2, 0.25) is 0 Å². The van der Waals surface area contributed by atoms with Crippen LogP contribution in [0.15, 0.2) is 24.3 Å². The van der Waals surface area contributed by atoms with E-state index in [0.29, 0.717) is 6.04 Å². The summed E-state index contributed by atoms with van der Waals surface area (Å²) in [5.74, 6) is 0.948. The third-order valence-corrected chi connectivity index (χ3v) is 3.59. The predicted octanol–water partition coefficient (Wildman–Crippen LogP) is 2.18. The van der Waals surface area contributed by atoms with Crippen molar-refractivity contribution < 1.29 is 4.74 Å². The summed E-state index contributed by atoms with van der Waals surface area (Å²) in [7, 11) is 4.11. The molecule has 1 fully saturated rings. The summed E-state index contributed by atoms with van der Waals surface area (Å²) in [6.45, 7) is 3.91. The number of ether oxygens (including phenoxy) is 1. The summed E-state index contributed by atoms with van der Waals surface area (Å²) >= 11 is 0. The van der Waals surface area contributed by atoms with Crippen LogP contribution in [0.3, 0.4) is 0 Å². The van der Waals surface area contributed by atoms with Crippen LogP contribution >= 0.6 is 0 Å². The maximum absolute atomic E-state index is 5.78. The second kappa shape index (κ2) is 8.12. The van der Waals surface area contributed by atoms with E-state index in [1.165, 1.54) is 24.9 Å². The van der Waals surface area contributed by atoms with E-state index in [9.17, 15) is 0 Å². The Morgan fingerprint density at radius 3 is 3.05 bits per heavy atom. The maximum atomic E-state index is 5.78. The molecule has 1 atom stereocenters. The highest BCUT2D eigenvalue weighted by atomic mass is 16.5. The molecule has 2 N–H and O–H groups in total. The number of hydrogen-bond acceptors (Lipinski definition) is 4. The average molecular weight is 277 g/mol. The Morgan fingerprint density at radius 2 is 2.20 bits per heavy atom. The zero-order chi connectivity index (χ0) is 14.2. The molecule has 0 aliphatic carbocycles. The standard InChI is InChI=1S/C16H27N3O/c1-19(2)11-12-20-16-7-3-5-15(13-16)18-14-6-4-9-17-10-8-14/h3,5,7,13-14,17-18H,4,6,8-12H2,1-2H3. The van der Waals surface area contributed by atoms with Gasteiger partial charge in [-0.05, 0) is 58.6 Å². The Hall–Kier alpha value is -1.26. The van der Waals surface area contributed by atoms with Gasteiger partial charge in [0.05, 0.1) is 0 Å². The molecule has 0 spiro atoms. The minimum atomic E-state index is 0.571. The van der Waals surface area contributed by atoms with Crippen LogP contribution < -0.4 is 15.4 Å². The zero-order valence-electron chi connectivity index (χ0n) is 12.7. The van der Waals surface area contributed by atoms with Crippen molar-refractivity contribution in [2.45, 2.75) is 25.3 Å². The molecule has 1 aliphatic heterocycles. The van der Waals surface area contributed by atoms with E-state index in [1.54, 1.807) is 0 Å². The molecule has 1 aromatic rings. The Kier molecular flexibility index (Phi) is 6.15. The lowest BCUT2D eigenvalue weighted by molar-refractivity contribution is 0.261. The molecular formula is C16H27N3O. The predicted molar refractivity (Wildman–Crippen MR) is 84.6 cm³/mol. The van der Waals surface area contributed by atoms with Crippen molar-refractivity contribution in [3.8, 4) is 5.75 Å². The first kappa shape index (κ1) is 15.1. The van der Waals surface area contributed by atoms with E-state index >= 15 is 0 Å². The number of rotatable bonds is 6. The highest BCUT2D eigenvalue weighted by molar-refractivity contribution is 5.48. The Bertz CT molecular complexity index is 387. The van der Waals surface area contributed by atoms with Crippen molar-refractivity contribution in [1.29, 1.82) is 0 Å². The largest absolute Gasteiger partial charge is 0.492 e. The lowest BCUT2D eigenvalue weighted by Crippen LogP contribution is -2.21. The number of benzene rings is 1. The minimum absolute atomic E-state index is 0.571. The summed E-state index contributed by atoms with van der Waals surface area (Å²) in [5, 5.41) is 7.07. The van der Waals surface area contributed by atoms with E-state index in [2.05, 4.69) is 47.8 Å². The Labute approximate surface area is 122 Å². The molecule has 4 nitrogen and oxygen atoms in total. The summed E-state index contributed by atoms with van der Waals surface area (Å²) in [5.41, 5.74) is 1.17. The van der Waals surface area contributed by atoms with Gasteiger partial charge in [0.25, 0.3) is 0 Å². The van der Waals surface area contributed by atoms with Gasteiger partial charge in [0.1, 0.15) is 12.4 Å². The Morgan fingerprint density at radius 1 is 1.30 bits per heavy atom. The highest BCUT2D eigenvalue weighted by Gasteiger charge is 2.11. The van der Waals surface area contributed by atoms with E-state index < -0.39 is 0 Å². The van der Waals surface area contributed by atoms with Gasteiger partial charge in [0, 0.05) is 24.3 Å². The van der Waals surface area contributed by atoms with Crippen molar-refractivity contribution in [3.63, 3.8) is 0 Å². The van der Waals surface area contributed by atoms with Gasteiger partial charge in [-0.15, -0.1) is 0 Å². The van der Waals surface area contributed by atoms with E-state index in [0.717, 1.165) is 32.0 Å². The molecule has 4 heteroatoms. The SMILES string of the molecule is CN(C)CCOc1cccc(NC2CCCNCC2)c1. The average Bonchev–Trinajstić information content (AvgIpc) is 2.67. The van der Waals surface area contributed by atoms with E-state index in [1.807, 2.05) is 6.07 Å². The second-order valence-electron chi connectivity index (χ2n) is 5.70. The molecule has 20 heavy (non-hydrogen) atoms. The lowest BCUT2D eigenvalue weighted by atomic mass is 10.1. The summed E-state index contributed by atoms with van der Waals surface area (Å²) in [6.07, 6.45) is 3.67. The highest BCUT2D eigenvalue weighted by Crippen LogP contribution is 2.20. The Balaban J connectivity index is 1.84. The number of anilines is 1. The zero-order valence-corrected chi connectivity index (χ0v) is 12.7. The molecule has 2 rings (SSSR count). The fourth-order valence-electron chi connectivity index (χ4n) is 2.42. The molecule has 0 radical (unpaired) electrons. The monoisotopic (exact) mass is 277 g/mol. The van der Waals surface area contributed by atoms with Gasteiger partial charge in [-0.2, -0.15) is 0 Å². The number of likely N-dealkylation sites (N-methyl/N-ethyl adjacent to an activating group) is 1. The third kappa shape index (κ3) is 5.39. The van der Waals surface area contributed by atoms with Crippen molar-refractivity contribution in [1.82, 2.24) is 10.2 Å². The topological polar surface area (TPSA) is 36.5 Å². The first-order chi connectivity index (χ1) is 9.74. The molecule has 1 aromatic carbocycles. The number of nitrogens with zero attached hydrogens (tertiary/aromatic N) is 1. The molecule has 1 aliphatic rings. The van der Waals surface area contributed by atoms with Crippen LogP contribution in [-0.2, 0) is 0 Å². The smallest absolute Gasteiger partial charge is 0.121 e. The third-order valence-electron chi connectivity index (χ3n) is 3.59. The van der Waals surface area contributed by atoms with Gasteiger partial charge in [-0.1, -0.05) is 6.07 Å². The molecule has 1 saturated heterocycles. The number of hydrogen-bond donors (Lipinski definition) is 2. The van der Waals surface area contributed by atoms with Gasteiger partial charge in [0.15, 0.2) is 0 Å². The second-order valence-corrected chi connectivity index (χ2v) is 5.70. The van der Waals surface area contributed by atoms with Crippen molar-refractivity contribution in [3.05, 3.63) is 24.3 Å². The van der Waals surface area contributed by atoms with Crippen LogP contribution in [0, 0.1) is 0 Å². The van der Waals surface area contributed by atoms with Gasteiger partial charge < -0.3 is 20.3 Å². The summed E-state index contributed by atoms with van der Waals surface area (Å²) in [6, 6.07) is 8.88. The fraction of sp³-hybridized carbons (Fsp3) is 0.625. The molecule has 1 unspecified atom stereocenters. The molecule has 112 valence electrons. The first-order valence-electron chi connectivity index (χ1n) is 7.59. The van der Waals surface area contributed by atoms with Gasteiger partial charge in [0.2, 0.25) is 0 Å². The normalized spacial score (nSPS) is 19.6. The molecule has 0 aromatic heterocycles. The maximum Gasteiger partial charge on any atom is 0.121 e. The molecule has 0 saturated carbocycles. The summed E-state index contributed by atoms with van der Waals surface area (Å²) in [4.78, 5) is 2.13. The molecule has 0 amide bonds. The van der Waals surface area contributed by atoms with Crippen LogP contribution in [0.4, 0.5) is 5.69 Å². The quantitative estimate of drug-likeness (QED) is 0.835. The van der Waals surface area contributed by atoms with E-state index in [-0.39, 0.29) is 0 Å². The minimum Gasteiger partial charge on any atom is -0.492 e. The summed E-state index contributed by atoms with van der Waals surface area (Å²) < 4.78 is 5.78. The van der Waals surface area contributed by atoms with Crippen molar-refractivity contribution in [2.75, 3.05) is 45.7 Å². The first-order valence-corrected chi connectivity index (χ1v) is 7.59. The fourth-order valence-corrected chi connectivity index (χ4v) is 2.42. The molecule has 0 bridgehead atoms. The van der Waals surface area contributed by atoms with Crippen LogP contribution in [0.5, 0.6) is 5.75 Å². The van der Waals surface area contributed by atoms with Crippen LogP contribution in [-0.4, -0.2) is 51.3 Å². The van der Waals surface area contributed by atoms with Gasteiger partial charge in [-0.25, -0.2) is 0 Å². The van der Waals surface area contributed by atoms with Crippen LogP contribution in [0.1, 0.15) is 19.3 Å². The van der Waals surface area contributed by atoms with Gasteiger partial charge >= 0.3 is 0 Å².